The zero-order valence-electron chi connectivity index (χ0n) is 14.6. The first-order valence-corrected chi connectivity index (χ1v) is 8.50. The van der Waals surface area contributed by atoms with E-state index in [1.165, 1.54) is 0 Å². The zero-order valence-corrected chi connectivity index (χ0v) is 15.4. The molecular formula is C17H24N4O2S. The molecule has 2 aromatic rings. The Hall–Kier alpha value is -2.15. The highest BCUT2D eigenvalue weighted by atomic mass is 32.1. The van der Waals surface area contributed by atoms with E-state index in [2.05, 4.69) is 22.2 Å². The second kappa shape index (κ2) is 8.63. The predicted octanol–water partition coefficient (Wildman–Crippen LogP) is 4.13. The van der Waals surface area contributed by atoms with Crippen molar-refractivity contribution >= 4 is 18.4 Å². The van der Waals surface area contributed by atoms with Crippen molar-refractivity contribution in [2.75, 3.05) is 13.7 Å². The Labute approximate surface area is 147 Å². The van der Waals surface area contributed by atoms with Crippen molar-refractivity contribution in [3.8, 4) is 11.5 Å². The zero-order chi connectivity index (χ0) is 17.5. The van der Waals surface area contributed by atoms with Gasteiger partial charge in [0.1, 0.15) is 0 Å². The van der Waals surface area contributed by atoms with Crippen LogP contribution in [0.5, 0.6) is 11.5 Å². The fourth-order valence-corrected chi connectivity index (χ4v) is 2.31. The molecule has 0 aliphatic rings. The van der Waals surface area contributed by atoms with Crippen LogP contribution in [0, 0.1) is 4.77 Å². The van der Waals surface area contributed by atoms with Gasteiger partial charge in [0.05, 0.1) is 19.9 Å². The quantitative estimate of drug-likeness (QED) is 0.442. The minimum Gasteiger partial charge on any atom is -0.493 e. The maximum absolute atomic E-state index is 5.74. The SMILES string of the molecule is CCCCOc1ccc(/C=N/n2c(C(C)C)n[nH]c2=S)cc1OC. The predicted molar refractivity (Wildman–Crippen MR) is 97.9 cm³/mol. The summed E-state index contributed by atoms with van der Waals surface area (Å²) in [5.41, 5.74) is 0.896. The summed E-state index contributed by atoms with van der Waals surface area (Å²) < 4.78 is 13.3. The number of H-pyrrole nitrogens is 1. The van der Waals surface area contributed by atoms with Crippen LogP contribution in [0.4, 0.5) is 0 Å². The second-order valence-corrected chi connectivity index (χ2v) is 6.10. The summed E-state index contributed by atoms with van der Waals surface area (Å²) in [6, 6.07) is 5.73. The van der Waals surface area contributed by atoms with Crippen LogP contribution in [0.2, 0.25) is 0 Å². The standard InChI is InChI=1S/C17H24N4O2S/c1-5-6-9-23-14-8-7-13(10-15(14)22-4)11-18-21-16(12(2)3)19-20-17(21)24/h7-8,10-12H,5-6,9H2,1-4H3,(H,20,24)/b18-11+. The summed E-state index contributed by atoms with van der Waals surface area (Å²) in [7, 11) is 1.63. The molecule has 1 heterocycles. The van der Waals surface area contributed by atoms with Crippen LogP contribution in [-0.4, -0.2) is 34.8 Å². The third kappa shape index (κ3) is 4.44. The Morgan fingerprint density at radius 1 is 1.38 bits per heavy atom. The highest BCUT2D eigenvalue weighted by molar-refractivity contribution is 7.71. The minimum absolute atomic E-state index is 0.221. The van der Waals surface area contributed by atoms with Crippen LogP contribution in [0.25, 0.3) is 0 Å². The minimum atomic E-state index is 0.221. The molecule has 1 aromatic heterocycles. The molecule has 7 heteroatoms. The third-order valence-electron chi connectivity index (χ3n) is 3.46. The Balaban J connectivity index is 2.21. The van der Waals surface area contributed by atoms with Gasteiger partial charge in [0.2, 0.25) is 4.77 Å². The molecule has 0 aliphatic heterocycles. The lowest BCUT2D eigenvalue weighted by Crippen LogP contribution is -2.01. The van der Waals surface area contributed by atoms with Crippen LogP contribution >= 0.6 is 12.2 Å². The van der Waals surface area contributed by atoms with E-state index >= 15 is 0 Å². The van der Waals surface area contributed by atoms with Gasteiger partial charge in [-0.1, -0.05) is 27.2 Å². The number of aromatic nitrogens is 3. The molecule has 0 fully saturated rings. The highest BCUT2D eigenvalue weighted by Gasteiger charge is 2.09. The van der Waals surface area contributed by atoms with Crippen molar-refractivity contribution in [2.24, 2.45) is 5.10 Å². The highest BCUT2D eigenvalue weighted by Crippen LogP contribution is 2.27. The molecule has 24 heavy (non-hydrogen) atoms. The number of nitrogens with one attached hydrogen (secondary N) is 1. The van der Waals surface area contributed by atoms with Gasteiger partial charge in [-0.15, -0.1) is 0 Å². The molecule has 0 spiro atoms. The first kappa shape index (κ1) is 18.2. The molecule has 0 bridgehead atoms. The van der Waals surface area contributed by atoms with Crippen LogP contribution in [0.15, 0.2) is 23.3 Å². The molecule has 0 atom stereocenters. The Morgan fingerprint density at radius 3 is 2.83 bits per heavy atom. The lowest BCUT2D eigenvalue weighted by Gasteiger charge is -2.10. The summed E-state index contributed by atoms with van der Waals surface area (Å²) in [4.78, 5) is 0. The summed E-state index contributed by atoms with van der Waals surface area (Å²) in [5.74, 6) is 2.45. The number of benzene rings is 1. The van der Waals surface area contributed by atoms with E-state index < -0.39 is 0 Å². The third-order valence-corrected chi connectivity index (χ3v) is 3.72. The number of ether oxygens (including phenoxy) is 2. The monoisotopic (exact) mass is 348 g/mol. The number of aromatic amines is 1. The van der Waals surface area contributed by atoms with E-state index in [0.717, 1.165) is 30.0 Å². The molecule has 0 saturated carbocycles. The van der Waals surface area contributed by atoms with Gasteiger partial charge in [-0.05, 0) is 42.4 Å². The van der Waals surface area contributed by atoms with Crippen molar-refractivity contribution in [3.63, 3.8) is 0 Å². The normalized spacial score (nSPS) is 11.4. The number of hydrogen-bond donors (Lipinski definition) is 1. The summed E-state index contributed by atoms with van der Waals surface area (Å²) in [6.07, 6.45) is 3.84. The number of hydrogen-bond acceptors (Lipinski definition) is 5. The van der Waals surface area contributed by atoms with Crippen LogP contribution in [0.1, 0.15) is 50.9 Å². The van der Waals surface area contributed by atoms with Gasteiger partial charge in [0.15, 0.2) is 17.3 Å². The first-order chi connectivity index (χ1) is 11.6. The molecule has 0 saturated heterocycles. The van der Waals surface area contributed by atoms with Crippen molar-refractivity contribution in [1.29, 1.82) is 0 Å². The van der Waals surface area contributed by atoms with Gasteiger partial charge < -0.3 is 9.47 Å². The van der Waals surface area contributed by atoms with Gasteiger partial charge in [-0.25, -0.2) is 0 Å². The van der Waals surface area contributed by atoms with Gasteiger partial charge in [0.25, 0.3) is 0 Å². The number of nitrogens with zero attached hydrogens (tertiary/aromatic N) is 3. The van der Waals surface area contributed by atoms with Gasteiger partial charge >= 0.3 is 0 Å². The van der Waals surface area contributed by atoms with Crippen molar-refractivity contribution < 1.29 is 9.47 Å². The van der Waals surface area contributed by atoms with E-state index in [9.17, 15) is 0 Å². The average Bonchev–Trinajstić information content (AvgIpc) is 2.95. The first-order valence-electron chi connectivity index (χ1n) is 8.09. The fraction of sp³-hybridized carbons (Fsp3) is 0.471. The van der Waals surface area contributed by atoms with Crippen molar-refractivity contribution in [3.05, 3.63) is 34.4 Å². The van der Waals surface area contributed by atoms with Crippen molar-refractivity contribution in [1.82, 2.24) is 14.9 Å². The van der Waals surface area contributed by atoms with Crippen LogP contribution in [0.3, 0.4) is 0 Å². The number of rotatable bonds is 8. The Kier molecular flexibility index (Phi) is 6.54. The molecule has 0 aliphatic carbocycles. The molecule has 1 N–H and O–H groups in total. The smallest absolute Gasteiger partial charge is 0.216 e. The molecule has 0 unspecified atom stereocenters. The van der Waals surface area contributed by atoms with Crippen LogP contribution < -0.4 is 9.47 Å². The topological polar surface area (TPSA) is 64.4 Å². The molecule has 130 valence electrons. The molecule has 1 aromatic carbocycles. The van der Waals surface area contributed by atoms with Crippen molar-refractivity contribution in [2.45, 2.75) is 39.5 Å². The van der Waals surface area contributed by atoms with Crippen LogP contribution in [-0.2, 0) is 0 Å². The molecule has 2 rings (SSSR count). The molecular weight excluding hydrogens is 324 g/mol. The van der Waals surface area contributed by atoms with E-state index in [0.29, 0.717) is 17.1 Å². The number of methoxy groups -OCH3 is 1. The average molecular weight is 348 g/mol. The van der Waals surface area contributed by atoms with Gasteiger partial charge in [0, 0.05) is 5.92 Å². The van der Waals surface area contributed by atoms with Gasteiger partial charge in [-0.3, -0.25) is 5.10 Å². The maximum atomic E-state index is 5.74. The summed E-state index contributed by atoms with van der Waals surface area (Å²) >= 11 is 5.22. The largest absolute Gasteiger partial charge is 0.493 e. The van der Waals surface area contributed by atoms with E-state index in [4.69, 9.17) is 21.7 Å². The molecule has 0 amide bonds. The van der Waals surface area contributed by atoms with Gasteiger partial charge in [-0.2, -0.15) is 14.9 Å². The van der Waals surface area contributed by atoms with E-state index in [-0.39, 0.29) is 5.92 Å². The fourth-order valence-electron chi connectivity index (χ4n) is 2.12. The van der Waals surface area contributed by atoms with E-state index in [1.807, 2.05) is 32.0 Å². The Morgan fingerprint density at radius 2 is 2.17 bits per heavy atom. The molecule has 6 nitrogen and oxygen atoms in total. The van der Waals surface area contributed by atoms with E-state index in [1.54, 1.807) is 18.0 Å². The summed E-state index contributed by atoms with van der Waals surface area (Å²) in [6.45, 7) is 6.90. The summed E-state index contributed by atoms with van der Waals surface area (Å²) in [5, 5.41) is 11.4. The lowest BCUT2D eigenvalue weighted by molar-refractivity contribution is 0.288. The number of unbranched alkanes of at least 4 members (excludes halogenated alkanes) is 1. The maximum Gasteiger partial charge on any atom is 0.216 e. The molecule has 0 radical (unpaired) electrons. The second-order valence-electron chi connectivity index (χ2n) is 5.71. The Bertz CT molecular complexity index is 749. The lowest BCUT2D eigenvalue weighted by atomic mass is 10.2.